The molecule has 2 aromatic carbocycles. The van der Waals surface area contributed by atoms with Crippen LogP contribution >= 0.6 is 11.6 Å². The molecule has 2 unspecified atom stereocenters. The van der Waals surface area contributed by atoms with Gasteiger partial charge in [-0.1, -0.05) is 29.8 Å². The molecule has 0 aromatic heterocycles. The summed E-state index contributed by atoms with van der Waals surface area (Å²) >= 11 is 5.87. The molecule has 2 nitrogen and oxygen atoms in total. The molecule has 3 N–H and O–H groups in total. The molecular formula is C15H13ClF3NO. The van der Waals surface area contributed by atoms with Crippen LogP contribution < -0.4 is 5.73 Å². The first-order valence-electron chi connectivity index (χ1n) is 6.22. The van der Waals surface area contributed by atoms with Gasteiger partial charge in [0.1, 0.15) is 0 Å². The molecule has 0 aliphatic rings. The summed E-state index contributed by atoms with van der Waals surface area (Å²) in [7, 11) is 0. The predicted octanol–water partition coefficient (Wildman–Crippen LogP) is 3.53. The van der Waals surface area contributed by atoms with Crippen LogP contribution in [0, 0.1) is 17.5 Å². The van der Waals surface area contributed by atoms with Crippen molar-refractivity contribution in [2.24, 2.45) is 5.73 Å². The van der Waals surface area contributed by atoms with Crippen molar-refractivity contribution < 1.29 is 18.3 Å². The fraction of sp³-hybridized carbons (Fsp3) is 0.200. The summed E-state index contributed by atoms with van der Waals surface area (Å²) in [6, 6.07) is 8.33. The molecule has 0 bridgehead atoms. The van der Waals surface area contributed by atoms with Gasteiger partial charge in [-0.15, -0.1) is 0 Å². The van der Waals surface area contributed by atoms with E-state index in [1.165, 1.54) is 0 Å². The van der Waals surface area contributed by atoms with E-state index in [4.69, 9.17) is 17.3 Å². The van der Waals surface area contributed by atoms with Crippen LogP contribution in [0.3, 0.4) is 0 Å². The Balaban J connectivity index is 2.41. The van der Waals surface area contributed by atoms with Gasteiger partial charge in [0.15, 0.2) is 17.5 Å². The van der Waals surface area contributed by atoms with Crippen molar-refractivity contribution in [1.82, 2.24) is 0 Å². The van der Waals surface area contributed by atoms with Gasteiger partial charge >= 0.3 is 0 Å². The van der Waals surface area contributed by atoms with Crippen LogP contribution in [0.25, 0.3) is 0 Å². The van der Waals surface area contributed by atoms with E-state index in [0.717, 1.165) is 12.1 Å². The first-order chi connectivity index (χ1) is 9.95. The van der Waals surface area contributed by atoms with Crippen LogP contribution in [0.4, 0.5) is 13.2 Å². The topological polar surface area (TPSA) is 46.2 Å². The van der Waals surface area contributed by atoms with E-state index in [0.29, 0.717) is 10.6 Å². The molecule has 0 radical (unpaired) electrons. The van der Waals surface area contributed by atoms with Crippen molar-refractivity contribution in [3.8, 4) is 0 Å². The van der Waals surface area contributed by atoms with E-state index in [9.17, 15) is 18.3 Å². The van der Waals surface area contributed by atoms with E-state index in [-0.39, 0.29) is 12.1 Å². The molecule has 2 rings (SSSR count). The van der Waals surface area contributed by atoms with Gasteiger partial charge in [0.2, 0.25) is 0 Å². The van der Waals surface area contributed by atoms with Crippen LogP contribution in [0.5, 0.6) is 0 Å². The number of rotatable bonds is 4. The first-order valence-corrected chi connectivity index (χ1v) is 6.60. The average Bonchev–Trinajstić information content (AvgIpc) is 2.45. The third-order valence-corrected chi connectivity index (χ3v) is 3.53. The van der Waals surface area contributed by atoms with Crippen LogP contribution in [-0.2, 0) is 0 Å². The van der Waals surface area contributed by atoms with Crippen molar-refractivity contribution in [2.75, 3.05) is 6.54 Å². The van der Waals surface area contributed by atoms with Gasteiger partial charge in [0, 0.05) is 23.0 Å². The lowest BCUT2D eigenvalue weighted by Gasteiger charge is -2.23. The maximum atomic E-state index is 13.8. The van der Waals surface area contributed by atoms with Gasteiger partial charge in [-0.3, -0.25) is 0 Å². The first kappa shape index (κ1) is 15.8. The molecule has 0 aliphatic heterocycles. The second kappa shape index (κ2) is 6.47. The summed E-state index contributed by atoms with van der Waals surface area (Å²) in [5.74, 6) is -5.03. The summed E-state index contributed by atoms with van der Waals surface area (Å²) in [6.07, 6.45) is -1.41. The summed E-state index contributed by atoms with van der Waals surface area (Å²) < 4.78 is 40.0. The summed E-state index contributed by atoms with van der Waals surface area (Å²) in [6.45, 7) is -0.0139. The highest BCUT2D eigenvalue weighted by Crippen LogP contribution is 2.33. The smallest absolute Gasteiger partial charge is 0.194 e. The zero-order chi connectivity index (χ0) is 15.6. The Morgan fingerprint density at radius 1 is 1.10 bits per heavy atom. The summed E-state index contributed by atoms with van der Waals surface area (Å²) in [5.41, 5.74) is 5.86. The number of hydrogen-bond donors (Lipinski definition) is 2. The fourth-order valence-corrected chi connectivity index (χ4v) is 2.37. The Morgan fingerprint density at radius 3 is 2.43 bits per heavy atom. The van der Waals surface area contributed by atoms with Crippen molar-refractivity contribution in [2.45, 2.75) is 12.0 Å². The second-order valence-electron chi connectivity index (χ2n) is 4.61. The number of aliphatic hydroxyl groups excluding tert-OH is 1. The second-order valence-corrected chi connectivity index (χ2v) is 5.04. The maximum Gasteiger partial charge on any atom is 0.194 e. The summed E-state index contributed by atoms with van der Waals surface area (Å²) in [5, 5.41) is 10.7. The number of aliphatic hydroxyl groups is 1. The molecule has 2 atom stereocenters. The molecule has 0 heterocycles. The van der Waals surface area contributed by atoms with Gasteiger partial charge in [-0.2, -0.15) is 0 Å². The van der Waals surface area contributed by atoms with Crippen molar-refractivity contribution in [3.05, 3.63) is 70.0 Å². The lowest BCUT2D eigenvalue weighted by molar-refractivity contribution is 0.141. The Morgan fingerprint density at radius 2 is 1.81 bits per heavy atom. The van der Waals surface area contributed by atoms with Crippen molar-refractivity contribution in [1.29, 1.82) is 0 Å². The molecule has 0 saturated heterocycles. The zero-order valence-corrected chi connectivity index (χ0v) is 11.6. The van der Waals surface area contributed by atoms with Gasteiger partial charge in [-0.25, -0.2) is 13.2 Å². The minimum Gasteiger partial charge on any atom is -0.388 e. The van der Waals surface area contributed by atoms with Crippen LogP contribution in [0.2, 0.25) is 5.02 Å². The molecule has 0 aliphatic carbocycles. The Hall–Kier alpha value is -1.56. The normalized spacial score (nSPS) is 14.0. The Labute approximate surface area is 125 Å². The van der Waals surface area contributed by atoms with Crippen LogP contribution in [-0.4, -0.2) is 11.7 Å². The quantitative estimate of drug-likeness (QED) is 0.848. The highest BCUT2D eigenvalue weighted by Gasteiger charge is 2.26. The average molecular weight is 316 g/mol. The zero-order valence-electron chi connectivity index (χ0n) is 10.9. The molecule has 112 valence electrons. The van der Waals surface area contributed by atoms with Crippen molar-refractivity contribution >= 4 is 11.6 Å². The van der Waals surface area contributed by atoms with Crippen molar-refractivity contribution in [3.63, 3.8) is 0 Å². The lowest BCUT2D eigenvalue weighted by atomic mass is 9.89. The maximum absolute atomic E-state index is 13.8. The van der Waals surface area contributed by atoms with E-state index < -0.39 is 29.5 Å². The number of benzene rings is 2. The minimum atomic E-state index is -1.62. The standard InChI is InChI=1S/C15H13ClF3NO/c16-9-3-1-2-8(6-9)11(7-20)15(21)10-4-5-12(17)14(19)13(10)18/h1-6,11,15,21H,7,20H2. The fourth-order valence-electron chi connectivity index (χ4n) is 2.17. The van der Waals surface area contributed by atoms with E-state index in [2.05, 4.69) is 0 Å². The largest absolute Gasteiger partial charge is 0.388 e. The number of hydrogen-bond acceptors (Lipinski definition) is 2. The van der Waals surface area contributed by atoms with Gasteiger partial charge in [0.25, 0.3) is 0 Å². The number of halogens is 4. The third-order valence-electron chi connectivity index (χ3n) is 3.30. The molecular weight excluding hydrogens is 303 g/mol. The SMILES string of the molecule is NCC(c1cccc(Cl)c1)C(O)c1ccc(F)c(F)c1F. The molecule has 2 aromatic rings. The van der Waals surface area contributed by atoms with Gasteiger partial charge in [-0.05, 0) is 23.8 Å². The molecule has 21 heavy (non-hydrogen) atoms. The van der Waals surface area contributed by atoms with Crippen LogP contribution in [0.15, 0.2) is 36.4 Å². The molecule has 0 fully saturated rings. The lowest BCUT2D eigenvalue weighted by Crippen LogP contribution is -2.21. The van der Waals surface area contributed by atoms with E-state index >= 15 is 0 Å². The molecule has 6 heteroatoms. The molecule has 0 amide bonds. The number of nitrogens with two attached hydrogens (primary N) is 1. The molecule has 0 spiro atoms. The van der Waals surface area contributed by atoms with E-state index in [1.54, 1.807) is 24.3 Å². The molecule has 0 saturated carbocycles. The highest BCUT2D eigenvalue weighted by molar-refractivity contribution is 6.30. The Bertz CT molecular complexity index is 651. The highest BCUT2D eigenvalue weighted by atomic mass is 35.5. The third kappa shape index (κ3) is 3.20. The summed E-state index contributed by atoms with van der Waals surface area (Å²) in [4.78, 5) is 0. The minimum absolute atomic E-state index is 0.0139. The van der Waals surface area contributed by atoms with Crippen LogP contribution in [0.1, 0.15) is 23.1 Å². The van der Waals surface area contributed by atoms with E-state index in [1.807, 2.05) is 0 Å². The predicted molar refractivity (Wildman–Crippen MR) is 74.5 cm³/mol. The van der Waals surface area contributed by atoms with Gasteiger partial charge in [0.05, 0.1) is 6.10 Å². The van der Waals surface area contributed by atoms with Gasteiger partial charge < -0.3 is 10.8 Å². The Kier molecular flexibility index (Phi) is 4.88. The monoisotopic (exact) mass is 315 g/mol.